The number of fused-ring (bicyclic) bond motifs is 1. The summed E-state index contributed by atoms with van der Waals surface area (Å²) < 4.78 is 0. The first-order valence-electron chi connectivity index (χ1n) is 9.23. The standard InChI is InChI=1S/C22H27NO/c23-22(15-24)11-10-21(14-22)20-9-8-18-12-17(6-7-19(18)13-20)16-4-2-1-3-5-16/h1-5,8-9,13,17,21,24H,6-7,10-12,14-15,23H2/t17-,21+,22-/m1/s1. The summed E-state index contributed by atoms with van der Waals surface area (Å²) in [6.07, 6.45) is 6.51. The van der Waals surface area contributed by atoms with Crippen LogP contribution >= 0.6 is 0 Å². The molecule has 2 aliphatic carbocycles. The molecule has 4 rings (SSSR count). The zero-order valence-electron chi connectivity index (χ0n) is 14.2. The Morgan fingerprint density at radius 1 is 0.958 bits per heavy atom. The maximum atomic E-state index is 9.49. The van der Waals surface area contributed by atoms with E-state index in [9.17, 15) is 5.11 Å². The van der Waals surface area contributed by atoms with Gasteiger partial charge in [0.2, 0.25) is 0 Å². The molecule has 0 heterocycles. The van der Waals surface area contributed by atoms with E-state index in [0.29, 0.717) is 11.8 Å². The molecular weight excluding hydrogens is 294 g/mol. The van der Waals surface area contributed by atoms with Crippen LogP contribution in [0.15, 0.2) is 48.5 Å². The number of aryl methyl sites for hydroxylation is 1. The van der Waals surface area contributed by atoms with E-state index < -0.39 is 0 Å². The van der Waals surface area contributed by atoms with Crippen LogP contribution in [-0.4, -0.2) is 17.3 Å². The van der Waals surface area contributed by atoms with E-state index in [4.69, 9.17) is 5.73 Å². The summed E-state index contributed by atoms with van der Waals surface area (Å²) >= 11 is 0. The first kappa shape index (κ1) is 15.9. The number of aliphatic hydroxyl groups is 1. The van der Waals surface area contributed by atoms with E-state index in [2.05, 4.69) is 48.5 Å². The van der Waals surface area contributed by atoms with Crippen molar-refractivity contribution in [3.05, 3.63) is 70.8 Å². The zero-order chi connectivity index (χ0) is 16.6. The summed E-state index contributed by atoms with van der Waals surface area (Å²) in [5.41, 5.74) is 11.8. The van der Waals surface area contributed by atoms with E-state index in [0.717, 1.165) is 25.7 Å². The highest BCUT2D eigenvalue weighted by molar-refractivity contribution is 5.38. The molecule has 0 spiro atoms. The average Bonchev–Trinajstić information content (AvgIpc) is 3.04. The molecule has 126 valence electrons. The van der Waals surface area contributed by atoms with Crippen LogP contribution in [-0.2, 0) is 12.8 Å². The molecule has 0 radical (unpaired) electrons. The second-order valence-electron chi connectivity index (χ2n) is 7.84. The van der Waals surface area contributed by atoms with E-state index in [1.165, 1.54) is 35.1 Å². The Balaban J connectivity index is 1.52. The number of benzene rings is 2. The fourth-order valence-electron chi connectivity index (χ4n) is 4.62. The van der Waals surface area contributed by atoms with Crippen molar-refractivity contribution < 1.29 is 5.11 Å². The molecule has 1 fully saturated rings. The number of hydrogen-bond acceptors (Lipinski definition) is 2. The van der Waals surface area contributed by atoms with Crippen molar-refractivity contribution in [2.45, 2.75) is 55.9 Å². The minimum Gasteiger partial charge on any atom is -0.394 e. The fourth-order valence-corrected chi connectivity index (χ4v) is 4.62. The van der Waals surface area contributed by atoms with Gasteiger partial charge in [0.05, 0.1) is 6.61 Å². The summed E-state index contributed by atoms with van der Waals surface area (Å²) in [5, 5.41) is 9.49. The molecule has 24 heavy (non-hydrogen) atoms. The van der Waals surface area contributed by atoms with Gasteiger partial charge >= 0.3 is 0 Å². The van der Waals surface area contributed by atoms with Crippen LogP contribution in [0.25, 0.3) is 0 Å². The number of aliphatic hydroxyl groups excluding tert-OH is 1. The van der Waals surface area contributed by atoms with Crippen molar-refractivity contribution >= 4 is 0 Å². The lowest BCUT2D eigenvalue weighted by atomic mass is 9.79. The lowest BCUT2D eigenvalue weighted by molar-refractivity contribution is 0.198. The summed E-state index contributed by atoms with van der Waals surface area (Å²) in [4.78, 5) is 0. The molecule has 2 aromatic carbocycles. The minimum absolute atomic E-state index is 0.104. The van der Waals surface area contributed by atoms with E-state index >= 15 is 0 Å². The van der Waals surface area contributed by atoms with Gasteiger partial charge in [0.15, 0.2) is 0 Å². The number of hydrogen-bond donors (Lipinski definition) is 2. The molecule has 0 aromatic heterocycles. The number of nitrogens with two attached hydrogens (primary N) is 1. The van der Waals surface area contributed by atoms with Crippen LogP contribution in [0.5, 0.6) is 0 Å². The Morgan fingerprint density at radius 3 is 2.54 bits per heavy atom. The van der Waals surface area contributed by atoms with E-state index in [-0.39, 0.29) is 12.1 Å². The topological polar surface area (TPSA) is 46.2 Å². The molecule has 3 atom stereocenters. The third kappa shape index (κ3) is 3.01. The lowest BCUT2D eigenvalue weighted by Crippen LogP contribution is -2.40. The first-order valence-corrected chi connectivity index (χ1v) is 9.23. The third-order valence-electron chi connectivity index (χ3n) is 6.16. The van der Waals surface area contributed by atoms with Gasteiger partial charge in [-0.25, -0.2) is 0 Å². The summed E-state index contributed by atoms with van der Waals surface area (Å²) in [6, 6.07) is 18.0. The van der Waals surface area contributed by atoms with Crippen molar-refractivity contribution in [1.29, 1.82) is 0 Å². The molecular formula is C22H27NO. The first-order chi connectivity index (χ1) is 11.7. The highest BCUT2D eigenvalue weighted by atomic mass is 16.3. The van der Waals surface area contributed by atoms with Crippen LogP contribution in [0.2, 0.25) is 0 Å². The van der Waals surface area contributed by atoms with E-state index in [1.54, 1.807) is 0 Å². The fraction of sp³-hybridized carbons (Fsp3) is 0.455. The summed E-state index contributed by atoms with van der Waals surface area (Å²) in [7, 11) is 0. The highest BCUT2D eigenvalue weighted by Gasteiger charge is 2.36. The van der Waals surface area contributed by atoms with Crippen LogP contribution in [0, 0.1) is 0 Å². The van der Waals surface area contributed by atoms with Crippen LogP contribution in [0.4, 0.5) is 0 Å². The minimum atomic E-state index is -0.362. The molecule has 0 aliphatic heterocycles. The second-order valence-corrected chi connectivity index (χ2v) is 7.84. The van der Waals surface area contributed by atoms with E-state index in [1.807, 2.05) is 0 Å². The molecule has 2 heteroatoms. The van der Waals surface area contributed by atoms with Crippen LogP contribution in [0.3, 0.4) is 0 Å². The normalized spacial score (nSPS) is 29.4. The Bertz CT molecular complexity index is 711. The van der Waals surface area contributed by atoms with Crippen LogP contribution in [0.1, 0.15) is 59.8 Å². The maximum absolute atomic E-state index is 9.49. The van der Waals surface area contributed by atoms with Crippen molar-refractivity contribution in [2.75, 3.05) is 6.61 Å². The molecule has 2 aliphatic rings. The summed E-state index contributed by atoms with van der Waals surface area (Å²) in [5.74, 6) is 1.17. The Kier molecular flexibility index (Phi) is 4.19. The molecule has 2 aromatic rings. The van der Waals surface area contributed by atoms with Gasteiger partial charge in [-0.05, 0) is 72.6 Å². The highest BCUT2D eigenvalue weighted by Crippen LogP contribution is 2.41. The Labute approximate surface area is 144 Å². The predicted octanol–water partition coefficient (Wildman–Crippen LogP) is 3.92. The molecule has 0 bridgehead atoms. The monoisotopic (exact) mass is 321 g/mol. The Hall–Kier alpha value is -1.64. The maximum Gasteiger partial charge on any atom is 0.0611 e. The van der Waals surface area contributed by atoms with Crippen LogP contribution < -0.4 is 5.73 Å². The number of rotatable bonds is 3. The van der Waals surface area contributed by atoms with Gasteiger partial charge in [-0.2, -0.15) is 0 Å². The van der Waals surface area contributed by atoms with Gasteiger partial charge in [0.25, 0.3) is 0 Å². The lowest BCUT2D eigenvalue weighted by Gasteiger charge is -2.26. The van der Waals surface area contributed by atoms with Gasteiger partial charge in [-0.1, -0.05) is 48.5 Å². The SMILES string of the molecule is N[C@]1(CO)CC[C@H](c2ccc3c(c2)CC[C@@H](c2ccccc2)C3)C1. The molecule has 2 nitrogen and oxygen atoms in total. The molecule has 3 N–H and O–H groups in total. The quantitative estimate of drug-likeness (QED) is 0.900. The molecule has 0 amide bonds. The smallest absolute Gasteiger partial charge is 0.0611 e. The van der Waals surface area contributed by atoms with Crippen molar-refractivity contribution in [1.82, 2.24) is 0 Å². The van der Waals surface area contributed by atoms with Gasteiger partial charge in [0, 0.05) is 5.54 Å². The van der Waals surface area contributed by atoms with Crippen molar-refractivity contribution in [2.24, 2.45) is 5.73 Å². The van der Waals surface area contributed by atoms with Gasteiger partial charge in [-0.3, -0.25) is 0 Å². The zero-order valence-corrected chi connectivity index (χ0v) is 14.2. The Morgan fingerprint density at radius 2 is 1.79 bits per heavy atom. The summed E-state index contributed by atoms with van der Waals surface area (Å²) in [6.45, 7) is 0.104. The van der Waals surface area contributed by atoms with Gasteiger partial charge in [0.1, 0.15) is 0 Å². The molecule has 0 unspecified atom stereocenters. The molecule has 1 saturated carbocycles. The van der Waals surface area contributed by atoms with Gasteiger partial charge in [-0.15, -0.1) is 0 Å². The largest absolute Gasteiger partial charge is 0.394 e. The average molecular weight is 321 g/mol. The third-order valence-corrected chi connectivity index (χ3v) is 6.16. The van der Waals surface area contributed by atoms with Crippen molar-refractivity contribution in [3.8, 4) is 0 Å². The van der Waals surface area contributed by atoms with Gasteiger partial charge < -0.3 is 10.8 Å². The second kappa shape index (κ2) is 6.34. The predicted molar refractivity (Wildman–Crippen MR) is 98.2 cm³/mol. The van der Waals surface area contributed by atoms with Crippen molar-refractivity contribution in [3.63, 3.8) is 0 Å². The molecule has 0 saturated heterocycles.